The van der Waals surface area contributed by atoms with Gasteiger partial charge in [0.05, 0.1) is 17.9 Å². The van der Waals surface area contributed by atoms with Gasteiger partial charge in [-0.3, -0.25) is 15.0 Å². The molecule has 0 aromatic carbocycles. The van der Waals surface area contributed by atoms with Gasteiger partial charge in [0.2, 0.25) is 5.82 Å². The maximum atomic E-state index is 13.6. The maximum Gasteiger partial charge on any atom is 0.408 e. The first-order valence-corrected chi connectivity index (χ1v) is 12.0. The predicted octanol–water partition coefficient (Wildman–Crippen LogP) is 3.84. The lowest BCUT2D eigenvalue weighted by Gasteiger charge is -2.46. The number of fused-ring (bicyclic) bond motifs is 4. The zero-order valence-electron chi connectivity index (χ0n) is 20.8. The van der Waals surface area contributed by atoms with Gasteiger partial charge in [0, 0.05) is 31.8 Å². The zero-order valence-corrected chi connectivity index (χ0v) is 20.8. The van der Waals surface area contributed by atoms with Gasteiger partial charge in [-0.15, -0.1) is 0 Å². The summed E-state index contributed by atoms with van der Waals surface area (Å²) in [5.41, 5.74) is 1.61. The van der Waals surface area contributed by atoms with Crippen molar-refractivity contribution in [1.29, 1.82) is 0 Å². The molecule has 5 rings (SSSR count). The minimum atomic E-state index is -4.63. The molecule has 0 spiro atoms. The Bertz CT molecular complexity index is 1390. The summed E-state index contributed by atoms with van der Waals surface area (Å²) in [6, 6.07) is 0.455. The zero-order chi connectivity index (χ0) is 27.2. The summed E-state index contributed by atoms with van der Waals surface area (Å²) in [5.74, 6) is -0.102. The Morgan fingerprint density at radius 3 is 2.71 bits per heavy atom. The topological polar surface area (TPSA) is 129 Å². The highest BCUT2D eigenvalue weighted by Crippen LogP contribution is 2.40. The van der Waals surface area contributed by atoms with Crippen molar-refractivity contribution in [3.05, 3.63) is 41.9 Å². The molecule has 14 heteroatoms. The van der Waals surface area contributed by atoms with E-state index in [1.807, 2.05) is 10.2 Å². The van der Waals surface area contributed by atoms with E-state index in [4.69, 9.17) is 4.42 Å². The third-order valence-electron chi connectivity index (χ3n) is 6.51. The number of amides is 3. The van der Waals surface area contributed by atoms with Gasteiger partial charge in [0.15, 0.2) is 17.5 Å². The van der Waals surface area contributed by atoms with E-state index < -0.39 is 30.0 Å². The molecule has 3 amide bonds. The summed E-state index contributed by atoms with van der Waals surface area (Å²) in [5, 5.41) is 4.66. The molecular formula is C24H25F3N8O3. The first-order chi connectivity index (χ1) is 18.0. The Morgan fingerprint density at radius 2 is 2.00 bits per heavy atom. The minimum absolute atomic E-state index is 0.165. The molecule has 3 aromatic rings. The summed E-state index contributed by atoms with van der Waals surface area (Å²) in [4.78, 5) is 46.5. The highest BCUT2D eigenvalue weighted by molar-refractivity contribution is 6.05. The Kier molecular flexibility index (Phi) is 6.41. The first-order valence-electron chi connectivity index (χ1n) is 12.0. The summed E-state index contributed by atoms with van der Waals surface area (Å²) in [6.45, 7) is 5.43. The number of carbonyl (C=O) groups excluding carboxylic acids is 2. The highest BCUT2D eigenvalue weighted by atomic mass is 19.4. The van der Waals surface area contributed by atoms with Gasteiger partial charge in [-0.05, 0) is 38.8 Å². The first kappa shape index (κ1) is 25.4. The standard InChI is InChI=1S/C24H25F3N8O3/c1-12-19-21(33-20(30-12)22(36)31-13(2)24(25,26)27)35(16-5-4-8-34(19)11-16)23(37)32-18-9-15(6-7-28-18)17-10-29-14(3)38-17/h6-7,9-10,13,16H,4-5,8,11H2,1-3H3,(H,31,36)(H,28,32,37)/t13?,16-/m0/s1. The van der Waals surface area contributed by atoms with Crippen molar-refractivity contribution in [3.63, 3.8) is 0 Å². The van der Waals surface area contributed by atoms with Crippen molar-refractivity contribution in [2.45, 2.75) is 51.9 Å². The number of hydrogen-bond acceptors (Lipinski definition) is 8. The van der Waals surface area contributed by atoms with Gasteiger partial charge in [0.25, 0.3) is 5.91 Å². The SMILES string of the molecule is Cc1ncc(-c2ccnc(NC(=O)N3c4nc(C(=O)NC(C)C(F)(F)F)nc(C)c4N4CCC[C@H]3C4)c2)o1. The van der Waals surface area contributed by atoms with Crippen LogP contribution in [-0.4, -0.2) is 63.2 Å². The smallest absolute Gasteiger partial charge is 0.408 e. The molecule has 1 saturated heterocycles. The Hall–Kier alpha value is -4.23. The maximum absolute atomic E-state index is 13.6. The van der Waals surface area contributed by atoms with E-state index in [0.717, 1.165) is 13.3 Å². The number of alkyl halides is 3. The third-order valence-corrected chi connectivity index (χ3v) is 6.51. The number of aromatic nitrogens is 4. The predicted molar refractivity (Wildman–Crippen MR) is 131 cm³/mol. The molecule has 5 heterocycles. The van der Waals surface area contributed by atoms with Crippen LogP contribution in [0.4, 0.5) is 35.3 Å². The summed E-state index contributed by atoms with van der Waals surface area (Å²) in [6.07, 6.45) is -0.0356. The van der Waals surface area contributed by atoms with E-state index in [9.17, 15) is 22.8 Å². The Morgan fingerprint density at radius 1 is 1.21 bits per heavy atom. The molecule has 2 N–H and O–H groups in total. The average Bonchev–Trinajstić information content (AvgIpc) is 3.29. The van der Waals surface area contributed by atoms with E-state index in [2.05, 4.69) is 25.3 Å². The number of hydrogen-bond donors (Lipinski definition) is 2. The summed E-state index contributed by atoms with van der Waals surface area (Å²) >= 11 is 0. The molecule has 38 heavy (non-hydrogen) atoms. The molecule has 0 aliphatic carbocycles. The van der Waals surface area contributed by atoms with Crippen molar-refractivity contribution < 1.29 is 27.2 Å². The lowest BCUT2D eigenvalue weighted by atomic mass is 9.99. The van der Waals surface area contributed by atoms with Gasteiger partial charge in [-0.1, -0.05) is 0 Å². The normalized spacial score (nSPS) is 17.6. The molecule has 11 nitrogen and oxygen atoms in total. The van der Waals surface area contributed by atoms with Crippen LogP contribution in [0.2, 0.25) is 0 Å². The van der Waals surface area contributed by atoms with Crippen LogP contribution in [0.15, 0.2) is 28.9 Å². The molecular weight excluding hydrogens is 505 g/mol. The van der Waals surface area contributed by atoms with Crippen LogP contribution in [0.25, 0.3) is 11.3 Å². The summed E-state index contributed by atoms with van der Waals surface area (Å²) in [7, 11) is 0. The lowest BCUT2D eigenvalue weighted by Crippen LogP contribution is -2.56. The molecule has 0 radical (unpaired) electrons. The second kappa shape index (κ2) is 9.58. The van der Waals surface area contributed by atoms with Crippen LogP contribution < -0.4 is 20.4 Å². The van der Waals surface area contributed by atoms with Crippen LogP contribution in [-0.2, 0) is 0 Å². The van der Waals surface area contributed by atoms with E-state index >= 15 is 0 Å². The quantitative estimate of drug-likeness (QED) is 0.521. The van der Waals surface area contributed by atoms with Gasteiger partial charge < -0.3 is 14.6 Å². The summed E-state index contributed by atoms with van der Waals surface area (Å²) < 4.78 is 44.6. The molecule has 3 aromatic heterocycles. The number of halogens is 3. The minimum Gasteiger partial charge on any atom is -0.441 e. The van der Waals surface area contributed by atoms with E-state index in [1.54, 1.807) is 32.2 Å². The number of rotatable bonds is 4. The molecule has 2 bridgehead atoms. The molecule has 2 aliphatic rings. The number of oxazole rings is 1. The highest BCUT2D eigenvalue weighted by Gasteiger charge is 2.41. The van der Waals surface area contributed by atoms with Crippen molar-refractivity contribution in [2.24, 2.45) is 0 Å². The second-order valence-corrected chi connectivity index (χ2v) is 9.26. The van der Waals surface area contributed by atoms with Gasteiger partial charge in [-0.2, -0.15) is 13.2 Å². The number of urea groups is 1. The van der Waals surface area contributed by atoms with Gasteiger partial charge >= 0.3 is 12.2 Å². The molecule has 200 valence electrons. The fourth-order valence-electron chi connectivity index (χ4n) is 4.65. The van der Waals surface area contributed by atoms with Crippen LogP contribution in [0.3, 0.4) is 0 Å². The van der Waals surface area contributed by atoms with Crippen molar-refractivity contribution >= 4 is 29.3 Å². The monoisotopic (exact) mass is 530 g/mol. The molecule has 0 saturated carbocycles. The Balaban J connectivity index is 1.47. The van der Waals surface area contributed by atoms with Gasteiger partial charge in [0.1, 0.15) is 17.5 Å². The number of aryl methyl sites for hydroxylation is 2. The lowest BCUT2D eigenvalue weighted by molar-refractivity contribution is -0.149. The largest absolute Gasteiger partial charge is 0.441 e. The molecule has 2 aliphatic heterocycles. The van der Waals surface area contributed by atoms with Gasteiger partial charge in [-0.25, -0.2) is 24.7 Å². The van der Waals surface area contributed by atoms with Crippen LogP contribution >= 0.6 is 0 Å². The van der Waals surface area contributed by atoms with E-state index in [-0.39, 0.29) is 17.7 Å². The van der Waals surface area contributed by atoms with Crippen molar-refractivity contribution in [3.8, 4) is 11.3 Å². The number of nitrogens with one attached hydrogen (secondary N) is 2. The van der Waals surface area contributed by atoms with E-state index in [0.29, 0.717) is 48.1 Å². The molecule has 1 unspecified atom stereocenters. The van der Waals surface area contributed by atoms with Crippen molar-refractivity contribution in [2.75, 3.05) is 28.2 Å². The second-order valence-electron chi connectivity index (χ2n) is 9.26. The van der Waals surface area contributed by atoms with Crippen LogP contribution in [0.5, 0.6) is 0 Å². The average molecular weight is 531 g/mol. The number of carbonyl (C=O) groups is 2. The van der Waals surface area contributed by atoms with Crippen molar-refractivity contribution in [1.82, 2.24) is 25.3 Å². The third kappa shape index (κ3) is 4.85. The van der Waals surface area contributed by atoms with Crippen LogP contribution in [0.1, 0.15) is 42.0 Å². The number of anilines is 3. The van der Waals surface area contributed by atoms with E-state index in [1.165, 1.54) is 11.1 Å². The molecule has 1 fully saturated rings. The number of pyridine rings is 1. The molecule has 2 atom stereocenters. The Labute approximate surface area is 215 Å². The number of piperidine rings is 1. The van der Waals surface area contributed by atoms with Crippen LogP contribution in [0, 0.1) is 13.8 Å². The number of nitrogens with zero attached hydrogens (tertiary/aromatic N) is 6. The fraction of sp³-hybridized carbons (Fsp3) is 0.417. The fourth-order valence-corrected chi connectivity index (χ4v) is 4.65.